The van der Waals surface area contributed by atoms with Gasteiger partial charge in [-0.3, -0.25) is 4.79 Å². The highest BCUT2D eigenvalue weighted by Gasteiger charge is 2.14. The second kappa shape index (κ2) is 12.1. The number of terminal acetylenes is 1. The lowest BCUT2D eigenvalue weighted by Crippen LogP contribution is -2.28. The fourth-order valence-corrected chi connectivity index (χ4v) is 3.83. The Balaban J connectivity index is 1.96. The molecule has 2 N–H and O–H groups in total. The van der Waals surface area contributed by atoms with Crippen LogP contribution in [0.2, 0.25) is 0 Å². The average molecular weight is 444 g/mol. The topological polar surface area (TPSA) is 87.7 Å². The molecule has 166 valence electrons. The van der Waals surface area contributed by atoms with Crippen LogP contribution in [0, 0.1) is 12.3 Å². The van der Waals surface area contributed by atoms with E-state index in [4.69, 9.17) is 11.2 Å². The zero-order chi connectivity index (χ0) is 22.7. The van der Waals surface area contributed by atoms with Gasteiger partial charge in [-0.05, 0) is 43.4 Å². The fraction of sp³-hybridized carbons (Fsp3) is 0.348. The monoisotopic (exact) mass is 443 g/mol. The van der Waals surface area contributed by atoms with Crippen LogP contribution in [0.3, 0.4) is 0 Å². The summed E-state index contributed by atoms with van der Waals surface area (Å²) in [6.45, 7) is 7.77. The van der Waals surface area contributed by atoms with Crippen LogP contribution in [0.25, 0.3) is 0 Å². The van der Waals surface area contributed by atoms with Crippen molar-refractivity contribution in [2.45, 2.75) is 25.3 Å². The summed E-state index contributed by atoms with van der Waals surface area (Å²) in [4.78, 5) is 14.8. The quantitative estimate of drug-likeness (QED) is 0.492. The second-order valence-corrected chi connectivity index (χ2v) is 8.49. The van der Waals surface area contributed by atoms with E-state index < -0.39 is 10.0 Å². The molecule has 1 amide bonds. The van der Waals surface area contributed by atoms with Crippen molar-refractivity contribution in [1.29, 1.82) is 0 Å². The molecule has 31 heavy (non-hydrogen) atoms. The molecule has 0 heterocycles. The Labute approximate surface area is 184 Å². The van der Waals surface area contributed by atoms with Crippen LogP contribution in [0.15, 0.2) is 53.4 Å². The summed E-state index contributed by atoms with van der Waals surface area (Å²) in [5.41, 5.74) is 1.23. The predicted molar refractivity (Wildman–Crippen MR) is 121 cm³/mol. The highest BCUT2D eigenvalue weighted by atomic mass is 32.2. The number of amides is 1. The number of carbonyl (C=O) groups is 1. The summed E-state index contributed by atoms with van der Waals surface area (Å²) in [6.07, 6.45) is 5.08. The molecule has 0 saturated heterocycles. The first-order chi connectivity index (χ1) is 14.9. The number of nitrogens with zero attached hydrogens (tertiary/aromatic N) is 1. The molecule has 0 fully saturated rings. The van der Waals surface area contributed by atoms with Gasteiger partial charge in [-0.2, -0.15) is 4.72 Å². The third-order valence-corrected chi connectivity index (χ3v) is 6.18. The molecule has 7 nitrogen and oxygen atoms in total. The van der Waals surface area contributed by atoms with E-state index in [1.54, 1.807) is 0 Å². The number of benzene rings is 2. The Morgan fingerprint density at radius 3 is 2.42 bits per heavy atom. The van der Waals surface area contributed by atoms with Crippen LogP contribution >= 0.6 is 0 Å². The van der Waals surface area contributed by atoms with E-state index in [9.17, 15) is 13.2 Å². The van der Waals surface area contributed by atoms with Crippen molar-refractivity contribution >= 4 is 15.9 Å². The Bertz CT molecular complexity index is 994. The summed E-state index contributed by atoms with van der Waals surface area (Å²) >= 11 is 0. The Morgan fingerprint density at radius 1 is 1.10 bits per heavy atom. The first-order valence-electron chi connectivity index (χ1n) is 10.2. The molecule has 0 unspecified atom stereocenters. The molecule has 0 aromatic heterocycles. The van der Waals surface area contributed by atoms with Gasteiger partial charge >= 0.3 is 0 Å². The molecule has 0 bridgehead atoms. The highest BCUT2D eigenvalue weighted by Crippen LogP contribution is 2.18. The Hall–Kier alpha value is -2.86. The molecule has 0 aliphatic heterocycles. The van der Waals surface area contributed by atoms with Crippen LogP contribution in [0.4, 0.5) is 0 Å². The number of hydrogen-bond acceptors (Lipinski definition) is 5. The van der Waals surface area contributed by atoms with Gasteiger partial charge in [-0.15, -0.1) is 6.42 Å². The number of sulfonamides is 1. The molecule has 8 heteroatoms. The lowest BCUT2D eigenvalue weighted by Gasteiger charge is -2.19. The maximum Gasteiger partial charge on any atom is 0.251 e. The fourth-order valence-electron chi connectivity index (χ4n) is 2.90. The van der Waals surface area contributed by atoms with Crippen molar-refractivity contribution in [3.63, 3.8) is 0 Å². The largest absolute Gasteiger partial charge is 0.492 e. The van der Waals surface area contributed by atoms with Crippen molar-refractivity contribution in [3.8, 4) is 18.1 Å². The van der Waals surface area contributed by atoms with Crippen LogP contribution in [0.1, 0.15) is 29.8 Å². The van der Waals surface area contributed by atoms with Gasteiger partial charge in [0.1, 0.15) is 12.4 Å². The SMILES string of the molecule is C#CCNS(=O)(=O)c1ccc(C(=O)NCc2ccccc2OCCN(CC)CC)cc1. The molecule has 0 aliphatic carbocycles. The van der Waals surface area contributed by atoms with Crippen molar-refractivity contribution < 1.29 is 17.9 Å². The highest BCUT2D eigenvalue weighted by molar-refractivity contribution is 7.89. The summed E-state index contributed by atoms with van der Waals surface area (Å²) < 4.78 is 32.3. The maximum absolute atomic E-state index is 12.5. The summed E-state index contributed by atoms with van der Waals surface area (Å²) in [5, 5.41) is 2.85. The summed E-state index contributed by atoms with van der Waals surface area (Å²) in [7, 11) is -3.69. The molecule has 2 aromatic rings. The maximum atomic E-state index is 12.5. The van der Waals surface area contributed by atoms with Crippen molar-refractivity contribution in [2.75, 3.05) is 32.8 Å². The van der Waals surface area contributed by atoms with Crippen LogP contribution in [-0.2, 0) is 16.6 Å². The van der Waals surface area contributed by atoms with E-state index in [-0.39, 0.29) is 17.3 Å². The van der Waals surface area contributed by atoms with Gasteiger partial charge in [0.05, 0.1) is 11.4 Å². The number of para-hydroxylation sites is 1. The number of rotatable bonds is 12. The molecular weight excluding hydrogens is 414 g/mol. The van der Waals surface area contributed by atoms with Crippen molar-refractivity contribution in [1.82, 2.24) is 14.9 Å². The minimum absolute atomic E-state index is 0.0475. The molecule has 0 aliphatic rings. The van der Waals surface area contributed by atoms with Crippen molar-refractivity contribution in [2.24, 2.45) is 0 Å². The van der Waals surface area contributed by atoms with Gasteiger partial charge in [0.2, 0.25) is 10.0 Å². The molecule has 2 aromatic carbocycles. The van der Waals surface area contributed by atoms with Gasteiger partial charge in [-0.25, -0.2) is 8.42 Å². The zero-order valence-electron chi connectivity index (χ0n) is 17.9. The molecule has 2 rings (SSSR count). The standard InChI is InChI=1S/C23H29N3O4S/c1-4-15-25-31(28,29)21-13-11-19(12-14-21)23(27)24-18-20-9-7-8-10-22(20)30-17-16-26(5-2)6-3/h1,7-14,25H,5-6,15-18H2,2-3H3,(H,24,27). The van der Waals surface area contributed by atoms with E-state index >= 15 is 0 Å². The van der Waals surface area contributed by atoms with Gasteiger partial charge in [-0.1, -0.05) is 38.0 Å². The van der Waals surface area contributed by atoms with Crippen LogP contribution in [0.5, 0.6) is 5.75 Å². The smallest absolute Gasteiger partial charge is 0.251 e. The first-order valence-corrected chi connectivity index (χ1v) is 11.6. The van der Waals surface area contributed by atoms with Crippen LogP contribution in [-0.4, -0.2) is 52.0 Å². The van der Waals surface area contributed by atoms with Gasteiger partial charge in [0.25, 0.3) is 5.91 Å². The summed E-state index contributed by atoms with van der Waals surface area (Å²) in [6, 6.07) is 13.2. The number of nitrogens with one attached hydrogen (secondary N) is 2. The number of hydrogen-bond donors (Lipinski definition) is 2. The lowest BCUT2D eigenvalue weighted by atomic mass is 10.1. The zero-order valence-corrected chi connectivity index (χ0v) is 18.7. The Kier molecular flexibility index (Phi) is 9.53. The van der Waals surface area contributed by atoms with Crippen LogP contribution < -0.4 is 14.8 Å². The van der Waals surface area contributed by atoms with E-state index in [1.165, 1.54) is 24.3 Å². The Morgan fingerprint density at radius 2 is 1.77 bits per heavy atom. The van der Waals surface area contributed by atoms with E-state index in [0.717, 1.165) is 30.9 Å². The van der Waals surface area contributed by atoms with E-state index in [0.29, 0.717) is 18.7 Å². The minimum Gasteiger partial charge on any atom is -0.492 e. The van der Waals surface area contributed by atoms with E-state index in [2.05, 4.69) is 34.7 Å². The third-order valence-electron chi connectivity index (χ3n) is 4.76. The third kappa shape index (κ3) is 7.40. The molecular formula is C23H29N3O4S. The molecule has 0 radical (unpaired) electrons. The predicted octanol–water partition coefficient (Wildman–Crippen LogP) is 2.25. The van der Waals surface area contributed by atoms with Crippen molar-refractivity contribution in [3.05, 3.63) is 59.7 Å². The number of ether oxygens (including phenoxy) is 1. The normalized spacial score (nSPS) is 11.2. The summed E-state index contributed by atoms with van der Waals surface area (Å²) in [5.74, 6) is 2.64. The lowest BCUT2D eigenvalue weighted by molar-refractivity contribution is 0.0950. The number of likely N-dealkylation sites (N-methyl/N-ethyl adjacent to an activating group) is 1. The number of carbonyl (C=O) groups excluding carboxylic acids is 1. The second-order valence-electron chi connectivity index (χ2n) is 6.72. The molecule has 0 atom stereocenters. The van der Waals surface area contributed by atoms with E-state index in [1.807, 2.05) is 24.3 Å². The minimum atomic E-state index is -3.69. The van der Waals surface area contributed by atoms with Gasteiger partial charge < -0.3 is 15.0 Å². The molecule has 0 saturated carbocycles. The molecule has 0 spiro atoms. The average Bonchev–Trinajstić information content (AvgIpc) is 2.79. The van der Waals surface area contributed by atoms with Gasteiger partial charge in [0, 0.05) is 24.2 Å². The first kappa shape index (κ1) is 24.4. The van der Waals surface area contributed by atoms with Gasteiger partial charge in [0.15, 0.2) is 0 Å².